The Morgan fingerprint density at radius 1 is 1.03 bits per heavy atom. The predicted molar refractivity (Wildman–Crippen MR) is 124 cm³/mol. The summed E-state index contributed by atoms with van der Waals surface area (Å²) in [7, 11) is 0. The van der Waals surface area contributed by atoms with Gasteiger partial charge in [-0.25, -0.2) is 13.5 Å². The molecule has 0 aliphatic rings. The number of rotatable bonds is 6. The summed E-state index contributed by atoms with van der Waals surface area (Å²) in [5.41, 5.74) is 3.88. The van der Waals surface area contributed by atoms with Gasteiger partial charge in [-0.15, -0.1) is 0 Å². The van der Waals surface area contributed by atoms with Crippen molar-refractivity contribution in [1.82, 2.24) is 14.8 Å². The highest BCUT2D eigenvalue weighted by molar-refractivity contribution is 6.04. The number of pyridine rings is 1. The third-order valence-corrected chi connectivity index (χ3v) is 5.25. The summed E-state index contributed by atoms with van der Waals surface area (Å²) in [4.78, 5) is 18.6. The molecule has 166 valence electrons. The van der Waals surface area contributed by atoms with Crippen LogP contribution in [0.3, 0.4) is 0 Å². The Balaban J connectivity index is 1.67. The van der Waals surface area contributed by atoms with Gasteiger partial charge in [-0.3, -0.25) is 14.7 Å². The molecule has 1 amide bonds. The second kappa shape index (κ2) is 9.56. The molecule has 2 aromatic carbocycles. The molecule has 0 aliphatic heterocycles. The highest BCUT2D eigenvalue weighted by Gasteiger charge is 2.19. The molecule has 4 aromatic rings. The van der Waals surface area contributed by atoms with E-state index in [1.165, 1.54) is 17.0 Å². The average Bonchev–Trinajstić information content (AvgIpc) is 3.11. The van der Waals surface area contributed by atoms with Crippen molar-refractivity contribution in [1.29, 1.82) is 0 Å². The van der Waals surface area contributed by atoms with Gasteiger partial charge < -0.3 is 0 Å². The van der Waals surface area contributed by atoms with E-state index >= 15 is 0 Å². The first-order chi connectivity index (χ1) is 15.9. The molecular formula is C26H22F2N4O. The number of carbonyl (C=O) groups is 1. The zero-order valence-corrected chi connectivity index (χ0v) is 18.2. The Labute approximate surface area is 190 Å². The van der Waals surface area contributed by atoms with Crippen LogP contribution in [-0.4, -0.2) is 20.7 Å². The number of amides is 1. The molecule has 4 rings (SSSR count). The topological polar surface area (TPSA) is 51.0 Å². The Bertz CT molecular complexity index is 1300. The Morgan fingerprint density at radius 2 is 1.79 bits per heavy atom. The van der Waals surface area contributed by atoms with Gasteiger partial charge in [0.1, 0.15) is 11.6 Å². The number of hydrogen-bond donors (Lipinski definition) is 0. The van der Waals surface area contributed by atoms with Gasteiger partial charge in [0.25, 0.3) is 5.91 Å². The van der Waals surface area contributed by atoms with E-state index in [-0.39, 0.29) is 12.2 Å². The van der Waals surface area contributed by atoms with Crippen LogP contribution in [0, 0.1) is 25.5 Å². The van der Waals surface area contributed by atoms with Gasteiger partial charge in [-0.05, 0) is 56.3 Å². The van der Waals surface area contributed by atoms with Crippen molar-refractivity contribution >= 4 is 17.7 Å². The number of halogens is 2. The fourth-order valence-electron chi connectivity index (χ4n) is 3.60. The molecule has 2 heterocycles. The van der Waals surface area contributed by atoms with Crippen molar-refractivity contribution in [3.05, 3.63) is 113 Å². The van der Waals surface area contributed by atoms with Gasteiger partial charge in [-0.1, -0.05) is 24.3 Å². The molecule has 0 bridgehead atoms. The number of aromatic nitrogens is 3. The highest BCUT2D eigenvalue weighted by Crippen LogP contribution is 2.24. The lowest BCUT2D eigenvalue weighted by Crippen LogP contribution is -2.30. The number of benzene rings is 2. The fraction of sp³-hybridized carbons (Fsp3) is 0.115. The molecule has 0 aliphatic carbocycles. The minimum Gasteiger partial charge on any atom is -0.300 e. The second-order valence-corrected chi connectivity index (χ2v) is 7.51. The Kier molecular flexibility index (Phi) is 6.40. The summed E-state index contributed by atoms with van der Waals surface area (Å²) in [6.07, 6.45) is 4.64. The van der Waals surface area contributed by atoms with Crippen LogP contribution < -0.4 is 4.90 Å². The van der Waals surface area contributed by atoms with Crippen LogP contribution in [0.25, 0.3) is 11.8 Å². The third kappa shape index (κ3) is 4.87. The molecular weight excluding hydrogens is 422 g/mol. The summed E-state index contributed by atoms with van der Waals surface area (Å²) < 4.78 is 29.8. The van der Waals surface area contributed by atoms with E-state index in [0.29, 0.717) is 5.69 Å². The zero-order chi connectivity index (χ0) is 23.4. The summed E-state index contributed by atoms with van der Waals surface area (Å²) >= 11 is 0. The number of aryl methyl sites for hydroxylation is 1. The lowest BCUT2D eigenvalue weighted by molar-refractivity contribution is -0.114. The van der Waals surface area contributed by atoms with Crippen LogP contribution in [0.5, 0.6) is 0 Å². The predicted octanol–water partition coefficient (Wildman–Crippen LogP) is 5.41. The summed E-state index contributed by atoms with van der Waals surface area (Å²) in [5, 5.41) is 4.58. The largest absolute Gasteiger partial charge is 0.300 e. The third-order valence-electron chi connectivity index (χ3n) is 5.25. The normalized spacial score (nSPS) is 11.2. The maximum Gasteiger partial charge on any atom is 0.251 e. The molecule has 0 unspecified atom stereocenters. The summed E-state index contributed by atoms with van der Waals surface area (Å²) in [6.45, 7) is 3.82. The molecule has 0 spiro atoms. The van der Waals surface area contributed by atoms with E-state index in [0.717, 1.165) is 34.8 Å². The standard InChI is InChI=1S/C26H22F2N4O/c1-18-23(19(2)32(30-18)22-9-4-3-5-10-22)12-14-26(33)31(17-21-8-6-7-15-29-21)25-13-11-20(27)16-24(25)28/h3-16H,17H2,1-2H3/b14-12+. The van der Waals surface area contributed by atoms with Crippen LogP contribution in [-0.2, 0) is 11.3 Å². The lowest BCUT2D eigenvalue weighted by atomic mass is 10.1. The first-order valence-corrected chi connectivity index (χ1v) is 10.4. The molecule has 2 aromatic heterocycles. The Morgan fingerprint density at radius 3 is 2.48 bits per heavy atom. The van der Waals surface area contributed by atoms with E-state index in [1.54, 1.807) is 30.5 Å². The van der Waals surface area contributed by atoms with Gasteiger partial charge in [0, 0.05) is 29.6 Å². The molecule has 0 radical (unpaired) electrons. The molecule has 0 atom stereocenters. The van der Waals surface area contributed by atoms with Gasteiger partial charge >= 0.3 is 0 Å². The van der Waals surface area contributed by atoms with Crippen LogP contribution >= 0.6 is 0 Å². The van der Waals surface area contributed by atoms with Crippen molar-refractivity contribution in [3.8, 4) is 5.69 Å². The van der Waals surface area contributed by atoms with E-state index < -0.39 is 17.5 Å². The van der Waals surface area contributed by atoms with Crippen LogP contribution in [0.4, 0.5) is 14.5 Å². The SMILES string of the molecule is Cc1nn(-c2ccccc2)c(C)c1/C=C/C(=O)N(Cc1ccccn1)c1ccc(F)cc1F. The lowest BCUT2D eigenvalue weighted by Gasteiger charge is -2.21. The molecule has 0 saturated carbocycles. The number of hydrogen-bond acceptors (Lipinski definition) is 3. The van der Waals surface area contributed by atoms with Crippen molar-refractivity contribution in [2.24, 2.45) is 0 Å². The monoisotopic (exact) mass is 444 g/mol. The van der Waals surface area contributed by atoms with Crippen LogP contribution in [0.1, 0.15) is 22.6 Å². The van der Waals surface area contributed by atoms with E-state index in [4.69, 9.17) is 0 Å². The van der Waals surface area contributed by atoms with Gasteiger partial charge in [-0.2, -0.15) is 5.10 Å². The van der Waals surface area contributed by atoms with E-state index in [9.17, 15) is 13.6 Å². The molecule has 0 fully saturated rings. The smallest absolute Gasteiger partial charge is 0.251 e. The van der Waals surface area contributed by atoms with E-state index in [1.807, 2.05) is 48.9 Å². The number of anilines is 1. The summed E-state index contributed by atoms with van der Waals surface area (Å²) in [5.74, 6) is -1.99. The van der Waals surface area contributed by atoms with Crippen molar-refractivity contribution in [2.75, 3.05) is 4.90 Å². The average molecular weight is 444 g/mol. The fourth-order valence-corrected chi connectivity index (χ4v) is 3.60. The minimum absolute atomic E-state index is 0.0230. The molecule has 0 N–H and O–H groups in total. The van der Waals surface area contributed by atoms with Crippen LogP contribution in [0.15, 0.2) is 79.0 Å². The van der Waals surface area contributed by atoms with Crippen molar-refractivity contribution in [2.45, 2.75) is 20.4 Å². The molecule has 5 nitrogen and oxygen atoms in total. The first kappa shape index (κ1) is 22.1. The molecule has 7 heteroatoms. The van der Waals surface area contributed by atoms with Crippen LogP contribution in [0.2, 0.25) is 0 Å². The quantitative estimate of drug-likeness (QED) is 0.374. The maximum absolute atomic E-state index is 14.6. The first-order valence-electron chi connectivity index (χ1n) is 10.4. The summed E-state index contributed by atoms with van der Waals surface area (Å²) in [6, 6.07) is 18.1. The van der Waals surface area contributed by atoms with Gasteiger partial charge in [0.15, 0.2) is 0 Å². The van der Waals surface area contributed by atoms with Gasteiger partial charge in [0.05, 0.1) is 29.3 Å². The van der Waals surface area contributed by atoms with Gasteiger partial charge in [0.2, 0.25) is 0 Å². The van der Waals surface area contributed by atoms with E-state index in [2.05, 4.69) is 10.1 Å². The number of carbonyl (C=O) groups excluding carboxylic acids is 1. The molecule has 33 heavy (non-hydrogen) atoms. The minimum atomic E-state index is -0.822. The van der Waals surface area contributed by atoms with Crippen molar-refractivity contribution in [3.63, 3.8) is 0 Å². The Hall–Kier alpha value is -4.13. The highest BCUT2D eigenvalue weighted by atomic mass is 19.1. The number of para-hydroxylation sites is 1. The molecule has 0 saturated heterocycles. The zero-order valence-electron chi connectivity index (χ0n) is 18.2. The maximum atomic E-state index is 14.6. The second-order valence-electron chi connectivity index (χ2n) is 7.51. The van der Waals surface area contributed by atoms with Crippen molar-refractivity contribution < 1.29 is 13.6 Å². The number of nitrogens with zero attached hydrogens (tertiary/aromatic N) is 4.